The van der Waals surface area contributed by atoms with E-state index in [4.69, 9.17) is 9.47 Å². The van der Waals surface area contributed by atoms with Crippen LogP contribution in [0.25, 0.3) is 0 Å². The molecule has 0 spiro atoms. The van der Waals surface area contributed by atoms with Crippen LogP contribution in [-0.2, 0) is 16.1 Å². The molecule has 1 aromatic carbocycles. The lowest BCUT2D eigenvalue weighted by Crippen LogP contribution is -2.63. The third kappa shape index (κ3) is 4.38. The number of carbonyl (C=O) groups is 1. The number of benzene rings is 1. The van der Waals surface area contributed by atoms with Gasteiger partial charge < -0.3 is 14.6 Å². The number of fused-ring (bicyclic) bond motifs is 2. The molecule has 2 aliphatic heterocycles. The molecule has 2 atom stereocenters. The van der Waals surface area contributed by atoms with E-state index in [0.717, 1.165) is 24.8 Å². The fourth-order valence-electron chi connectivity index (χ4n) is 4.45. The van der Waals surface area contributed by atoms with Crippen molar-refractivity contribution in [3.8, 4) is 0 Å². The van der Waals surface area contributed by atoms with Crippen LogP contribution in [-0.4, -0.2) is 47.0 Å². The summed E-state index contributed by atoms with van der Waals surface area (Å²) in [5, 5.41) is 11.2. The summed E-state index contributed by atoms with van der Waals surface area (Å²) in [6, 6.07) is 9.49. The zero-order chi connectivity index (χ0) is 18.6. The lowest BCUT2D eigenvalue weighted by Gasteiger charge is -2.51. The van der Waals surface area contributed by atoms with Gasteiger partial charge in [0.2, 0.25) is 0 Å². The van der Waals surface area contributed by atoms with Gasteiger partial charge in [-0.05, 0) is 30.7 Å². The summed E-state index contributed by atoms with van der Waals surface area (Å²) in [4.78, 5) is 14.5. The lowest BCUT2D eigenvalue weighted by molar-refractivity contribution is -0.139. The molecular weight excluding hydrogens is 330 g/mol. The molecule has 1 amide bonds. The van der Waals surface area contributed by atoms with Crippen LogP contribution in [0.3, 0.4) is 0 Å². The molecule has 1 aromatic rings. The molecule has 2 fully saturated rings. The number of amides is 1. The first-order valence-electron chi connectivity index (χ1n) is 9.83. The maximum Gasteiger partial charge on any atom is 0.410 e. The topological polar surface area (TPSA) is 59.0 Å². The van der Waals surface area contributed by atoms with E-state index in [1.54, 1.807) is 0 Å². The van der Waals surface area contributed by atoms with Gasteiger partial charge in [0.05, 0.1) is 30.9 Å². The van der Waals surface area contributed by atoms with Gasteiger partial charge in [0.25, 0.3) is 0 Å². The van der Waals surface area contributed by atoms with E-state index in [0.29, 0.717) is 32.0 Å². The number of carbonyl (C=O) groups excluding carboxylic acids is 1. The van der Waals surface area contributed by atoms with Crippen molar-refractivity contribution >= 4 is 6.09 Å². The molecule has 0 aromatic heterocycles. The molecule has 2 unspecified atom stereocenters. The molecule has 5 nitrogen and oxygen atoms in total. The van der Waals surface area contributed by atoms with Gasteiger partial charge in [-0.2, -0.15) is 0 Å². The number of ether oxygens (including phenoxy) is 2. The number of aliphatic hydroxyl groups is 1. The van der Waals surface area contributed by atoms with E-state index in [2.05, 4.69) is 13.8 Å². The van der Waals surface area contributed by atoms with Crippen LogP contribution < -0.4 is 0 Å². The number of hydrogen-bond acceptors (Lipinski definition) is 4. The average Bonchev–Trinajstić information content (AvgIpc) is 2.64. The molecule has 5 heteroatoms. The van der Waals surface area contributed by atoms with E-state index in [1.807, 2.05) is 35.2 Å². The van der Waals surface area contributed by atoms with Crippen molar-refractivity contribution in [3.05, 3.63) is 35.9 Å². The number of rotatable bonds is 6. The number of morpholine rings is 1. The Morgan fingerprint density at radius 1 is 1.23 bits per heavy atom. The van der Waals surface area contributed by atoms with Gasteiger partial charge in [-0.1, -0.05) is 57.0 Å². The zero-order valence-electron chi connectivity index (χ0n) is 15.9. The predicted molar refractivity (Wildman–Crippen MR) is 99.7 cm³/mol. The van der Waals surface area contributed by atoms with Crippen LogP contribution >= 0.6 is 0 Å². The average molecular weight is 361 g/mol. The van der Waals surface area contributed by atoms with Crippen molar-refractivity contribution in [1.29, 1.82) is 0 Å². The summed E-state index contributed by atoms with van der Waals surface area (Å²) in [5.41, 5.74) is 0.274. The largest absolute Gasteiger partial charge is 0.445 e. The van der Waals surface area contributed by atoms with Crippen molar-refractivity contribution in [2.45, 2.75) is 70.2 Å². The molecule has 1 N–H and O–H groups in total. The molecule has 0 radical (unpaired) electrons. The maximum atomic E-state index is 12.7. The molecule has 2 bridgehead atoms. The third-order valence-electron chi connectivity index (χ3n) is 5.88. The molecule has 144 valence electrons. The summed E-state index contributed by atoms with van der Waals surface area (Å²) in [6.45, 7) is 5.58. The Balaban J connectivity index is 1.63. The number of hydrogen-bond donors (Lipinski definition) is 1. The molecule has 3 rings (SSSR count). The highest BCUT2D eigenvalue weighted by molar-refractivity contribution is 5.69. The molecule has 0 saturated carbocycles. The van der Waals surface area contributed by atoms with Crippen molar-refractivity contribution < 1.29 is 19.4 Å². The van der Waals surface area contributed by atoms with Crippen molar-refractivity contribution in [3.63, 3.8) is 0 Å². The van der Waals surface area contributed by atoms with Crippen LogP contribution in [0.4, 0.5) is 4.79 Å². The quantitative estimate of drug-likeness (QED) is 0.838. The standard InChI is InChI=1S/C21H31NO4/c1-3-16(4-2)10-21(24)11-18-14-25-15-19(12-21)22(18)20(23)26-13-17-8-6-5-7-9-17/h5-9,16,18-19,24H,3-4,10-15H2,1-2H3. The van der Waals surface area contributed by atoms with Gasteiger partial charge in [-0.25, -0.2) is 4.79 Å². The SMILES string of the molecule is CCC(CC)CC1(O)CC2COCC(C1)N2C(=O)OCc1ccccc1. The van der Waals surface area contributed by atoms with Crippen LogP contribution in [0, 0.1) is 5.92 Å². The smallest absolute Gasteiger partial charge is 0.410 e. The second-order valence-corrected chi connectivity index (χ2v) is 7.81. The third-order valence-corrected chi connectivity index (χ3v) is 5.88. The van der Waals surface area contributed by atoms with Gasteiger partial charge in [0.15, 0.2) is 0 Å². The Morgan fingerprint density at radius 2 is 1.85 bits per heavy atom. The van der Waals surface area contributed by atoms with Gasteiger partial charge in [-0.15, -0.1) is 0 Å². The minimum Gasteiger partial charge on any atom is -0.445 e. The second-order valence-electron chi connectivity index (χ2n) is 7.81. The summed E-state index contributed by atoms with van der Waals surface area (Å²) in [6.07, 6.45) is 3.80. The van der Waals surface area contributed by atoms with Crippen molar-refractivity contribution in [1.82, 2.24) is 4.90 Å². The van der Waals surface area contributed by atoms with Gasteiger partial charge in [0, 0.05) is 0 Å². The Hall–Kier alpha value is -1.59. The maximum absolute atomic E-state index is 12.7. The lowest BCUT2D eigenvalue weighted by atomic mass is 9.75. The highest BCUT2D eigenvalue weighted by Crippen LogP contribution is 2.39. The van der Waals surface area contributed by atoms with Crippen LogP contribution in [0.5, 0.6) is 0 Å². The Bertz CT molecular complexity index is 573. The monoisotopic (exact) mass is 361 g/mol. The number of piperidine rings is 1. The van der Waals surface area contributed by atoms with Gasteiger partial charge >= 0.3 is 6.09 Å². The van der Waals surface area contributed by atoms with Crippen LogP contribution in [0.15, 0.2) is 30.3 Å². The molecule has 2 heterocycles. The fourth-order valence-corrected chi connectivity index (χ4v) is 4.45. The van der Waals surface area contributed by atoms with Crippen molar-refractivity contribution in [2.24, 2.45) is 5.92 Å². The van der Waals surface area contributed by atoms with E-state index in [1.165, 1.54) is 0 Å². The first kappa shape index (κ1) is 19.2. The Morgan fingerprint density at radius 3 is 2.42 bits per heavy atom. The summed E-state index contributed by atoms with van der Waals surface area (Å²) in [5.74, 6) is 0.526. The molecule has 2 aliphatic rings. The predicted octanol–water partition coefficient (Wildman–Crippen LogP) is 3.74. The fraction of sp³-hybridized carbons (Fsp3) is 0.667. The van der Waals surface area contributed by atoms with Gasteiger partial charge in [0.1, 0.15) is 6.61 Å². The first-order valence-corrected chi connectivity index (χ1v) is 9.83. The van der Waals surface area contributed by atoms with E-state index < -0.39 is 5.60 Å². The van der Waals surface area contributed by atoms with E-state index in [9.17, 15) is 9.90 Å². The molecule has 2 saturated heterocycles. The molecule has 0 aliphatic carbocycles. The highest BCUT2D eigenvalue weighted by atomic mass is 16.6. The zero-order valence-corrected chi connectivity index (χ0v) is 15.9. The van der Waals surface area contributed by atoms with E-state index in [-0.39, 0.29) is 24.8 Å². The minimum absolute atomic E-state index is 0.106. The van der Waals surface area contributed by atoms with E-state index >= 15 is 0 Å². The Labute approximate surface area is 156 Å². The highest BCUT2D eigenvalue weighted by Gasteiger charge is 2.48. The second kappa shape index (κ2) is 8.40. The van der Waals surface area contributed by atoms with Crippen molar-refractivity contribution in [2.75, 3.05) is 13.2 Å². The van der Waals surface area contributed by atoms with Gasteiger partial charge in [-0.3, -0.25) is 4.90 Å². The number of nitrogens with zero attached hydrogens (tertiary/aromatic N) is 1. The summed E-state index contributed by atoms with van der Waals surface area (Å²) >= 11 is 0. The normalized spacial score (nSPS) is 28.2. The summed E-state index contributed by atoms with van der Waals surface area (Å²) < 4.78 is 11.2. The minimum atomic E-state index is -0.702. The van der Waals surface area contributed by atoms with Crippen LogP contribution in [0.2, 0.25) is 0 Å². The molecule has 26 heavy (non-hydrogen) atoms. The Kier molecular flexibility index (Phi) is 6.20. The molecular formula is C21H31NO4. The first-order chi connectivity index (χ1) is 12.5. The van der Waals surface area contributed by atoms with Crippen LogP contribution in [0.1, 0.15) is 51.5 Å². The summed E-state index contributed by atoms with van der Waals surface area (Å²) in [7, 11) is 0.